The van der Waals surface area contributed by atoms with Crippen molar-refractivity contribution in [3.05, 3.63) is 0 Å². The first-order valence-corrected chi connectivity index (χ1v) is 6.14. The van der Waals surface area contributed by atoms with Crippen molar-refractivity contribution in [3.8, 4) is 0 Å². The van der Waals surface area contributed by atoms with E-state index in [-0.39, 0.29) is 30.2 Å². The lowest BCUT2D eigenvalue weighted by molar-refractivity contribution is -0.145. The van der Waals surface area contributed by atoms with Gasteiger partial charge in [-0.3, -0.25) is 14.4 Å². The summed E-state index contributed by atoms with van der Waals surface area (Å²) >= 11 is 0. The maximum absolute atomic E-state index is 12.0. The predicted molar refractivity (Wildman–Crippen MR) is 64.8 cm³/mol. The number of carbonyl (C=O) groups excluding carboxylic acids is 2. The minimum Gasteiger partial charge on any atom is -0.481 e. The summed E-state index contributed by atoms with van der Waals surface area (Å²) in [5.74, 6) is -1.51. The summed E-state index contributed by atoms with van der Waals surface area (Å²) < 4.78 is 0. The molecule has 0 aromatic rings. The lowest BCUT2D eigenvalue weighted by Crippen LogP contribution is -2.41. The second-order valence-corrected chi connectivity index (χ2v) is 4.75. The van der Waals surface area contributed by atoms with Crippen LogP contribution >= 0.6 is 0 Å². The van der Waals surface area contributed by atoms with Crippen LogP contribution in [0.5, 0.6) is 0 Å². The fourth-order valence-electron chi connectivity index (χ4n) is 2.27. The van der Waals surface area contributed by atoms with Gasteiger partial charge < -0.3 is 15.3 Å². The number of rotatable bonds is 4. The van der Waals surface area contributed by atoms with Crippen molar-refractivity contribution in [2.24, 2.45) is 11.8 Å². The van der Waals surface area contributed by atoms with E-state index < -0.39 is 5.97 Å². The minimum atomic E-state index is -0.778. The molecule has 18 heavy (non-hydrogen) atoms. The fraction of sp³-hybridized carbons (Fsp3) is 0.750. The highest BCUT2D eigenvalue weighted by molar-refractivity contribution is 5.85. The second-order valence-electron chi connectivity index (χ2n) is 4.75. The van der Waals surface area contributed by atoms with Gasteiger partial charge >= 0.3 is 5.97 Å². The summed E-state index contributed by atoms with van der Waals surface area (Å²) in [6.45, 7) is 0.0498. The van der Waals surface area contributed by atoms with Crippen LogP contribution < -0.4 is 5.32 Å². The zero-order valence-electron chi connectivity index (χ0n) is 10.8. The summed E-state index contributed by atoms with van der Waals surface area (Å²) in [5, 5.41) is 11.3. The maximum atomic E-state index is 12.0. The molecule has 0 saturated heterocycles. The number of hydrogen-bond donors (Lipinski definition) is 2. The average Bonchev–Trinajstić information content (AvgIpc) is 2.37. The molecule has 0 aliphatic heterocycles. The molecule has 1 saturated carbocycles. The Kier molecular flexibility index (Phi) is 5.12. The topological polar surface area (TPSA) is 86.7 Å². The monoisotopic (exact) mass is 256 g/mol. The van der Waals surface area contributed by atoms with Gasteiger partial charge in [-0.05, 0) is 25.7 Å². The molecule has 0 unspecified atom stereocenters. The number of carbonyl (C=O) groups is 3. The van der Waals surface area contributed by atoms with E-state index in [9.17, 15) is 14.4 Å². The number of hydrogen-bond acceptors (Lipinski definition) is 3. The molecule has 2 amide bonds. The number of amides is 2. The molecule has 1 aliphatic rings. The molecule has 0 spiro atoms. The first kappa shape index (κ1) is 14.5. The smallest absolute Gasteiger partial charge is 0.306 e. The molecular weight excluding hydrogens is 236 g/mol. The van der Waals surface area contributed by atoms with Crippen molar-refractivity contribution in [1.29, 1.82) is 0 Å². The molecule has 0 radical (unpaired) electrons. The van der Waals surface area contributed by atoms with Gasteiger partial charge in [0.1, 0.15) is 0 Å². The number of aliphatic carboxylic acids is 1. The zero-order valence-corrected chi connectivity index (χ0v) is 10.8. The molecule has 102 valence electrons. The van der Waals surface area contributed by atoms with Crippen LogP contribution in [0.15, 0.2) is 0 Å². The minimum absolute atomic E-state index is 0.0498. The Morgan fingerprint density at radius 2 is 1.67 bits per heavy atom. The van der Waals surface area contributed by atoms with Crippen LogP contribution in [0.2, 0.25) is 0 Å². The van der Waals surface area contributed by atoms with Gasteiger partial charge in [0.2, 0.25) is 11.8 Å². The first-order chi connectivity index (χ1) is 8.45. The SMILES string of the molecule is CNC(=O)CN(C)C(=O)C1CCC(C(=O)O)CC1. The quantitative estimate of drug-likeness (QED) is 0.746. The van der Waals surface area contributed by atoms with Crippen molar-refractivity contribution < 1.29 is 19.5 Å². The normalized spacial score (nSPS) is 23.2. The van der Waals surface area contributed by atoms with Crippen LogP contribution in [0.25, 0.3) is 0 Å². The Labute approximate surface area is 106 Å². The Hall–Kier alpha value is -1.59. The summed E-state index contributed by atoms with van der Waals surface area (Å²) in [4.78, 5) is 35.4. The van der Waals surface area contributed by atoms with E-state index in [0.717, 1.165) is 0 Å². The second kappa shape index (κ2) is 6.37. The van der Waals surface area contributed by atoms with Crippen LogP contribution in [0.4, 0.5) is 0 Å². The molecule has 0 heterocycles. The Bertz CT molecular complexity index is 335. The van der Waals surface area contributed by atoms with Crippen molar-refractivity contribution in [2.75, 3.05) is 20.6 Å². The molecule has 6 heteroatoms. The molecule has 0 atom stereocenters. The summed E-state index contributed by atoms with van der Waals surface area (Å²) in [7, 11) is 3.12. The van der Waals surface area contributed by atoms with Gasteiger partial charge in [-0.2, -0.15) is 0 Å². The lowest BCUT2D eigenvalue weighted by atomic mass is 9.81. The third kappa shape index (κ3) is 3.72. The van der Waals surface area contributed by atoms with Crippen molar-refractivity contribution in [2.45, 2.75) is 25.7 Å². The van der Waals surface area contributed by atoms with Gasteiger partial charge in [-0.1, -0.05) is 0 Å². The van der Waals surface area contributed by atoms with E-state index in [1.54, 1.807) is 7.05 Å². The standard InChI is InChI=1S/C12H20N2O4/c1-13-10(15)7-14(2)11(16)8-3-5-9(6-4-8)12(17)18/h8-9H,3-7H2,1-2H3,(H,13,15)(H,17,18). The predicted octanol–water partition coefficient (Wildman–Crippen LogP) is 0.0818. The van der Waals surface area contributed by atoms with E-state index >= 15 is 0 Å². The maximum Gasteiger partial charge on any atom is 0.306 e. The molecular formula is C12H20N2O4. The summed E-state index contributed by atoms with van der Waals surface area (Å²) in [5.41, 5.74) is 0. The highest BCUT2D eigenvalue weighted by Gasteiger charge is 2.31. The fourth-order valence-corrected chi connectivity index (χ4v) is 2.27. The van der Waals surface area contributed by atoms with E-state index in [1.807, 2.05) is 0 Å². The highest BCUT2D eigenvalue weighted by Crippen LogP contribution is 2.29. The molecule has 1 fully saturated rings. The van der Waals surface area contributed by atoms with Crippen LogP contribution in [0.1, 0.15) is 25.7 Å². The van der Waals surface area contributed by atoms with E-state index in [0.29, 0.717) is 25.7 Å². The molecule has 0 aromatic heterocycles. The van der Waals surface area contributed by atoms with Crippen molar-refractivity contribution >= 4 is 17.8 Å². The van der Waals surface area contributed by atoms with Crippen LogP contribution in [0.3, 0.4) is 0 Å². The average molecular weight is 256 g/mol. The van der Waals surface area contributed by atoms with Gasteiger partial charge in [0, 0.05) is 20.0 Å². The largest absolute Gasteiger partial charge is 0.481 e. The Balaban J connectivity index is 2.44. The van der Waals surface area contributed by atoms with E-state index in [1.165, 1.54) is 11.9 Å². The molecule has 0 aromatic carbocycles. The van der Waals surface area contributed by atoms with Gasteiger partial charge in [0.15, 0.2) is 0 Å². The summed E-state index contributed by atoms with van der Waals surface area (Å²) in [6, 6.07) is 0. The van der Waals surface area contributed by atoms with E-state index in [4.69, 9.17) is 5.11 Å². The van der Waals surface area contributed by atoms with Gasteiger partial charge in [-0.25, -0.2) is 0 Å². The summed E-state index contributed by atoms with van der Waals surface area (Å²) in [6.07, 6.45) is 2.26. The number of nitrogens with zero attached hydrogens (tertiary/aromatic N) is 1. The Morgan fingerprint density at radius 1 is 1.17 bits per heavy atom. The van der Waals surface area contributed by atoms with Crippen LogP contribution in [-0.2, 0) is 14.4 Å². The van der Waals surface area contributed by atoms with Gasteiger partial charge in [0.25, 0.3) is 0 Å². The molecule has 0 bridgehead atoms. The third-order valence-corrected chi connectivity index (χ3v) is 3.46. The highest BCUT2D eigenvalue weighted by atomic mass is 16.4. The zero-order chi connectivity index (χ0) is 13.7. The van der Waals surface area contributed by atoms with Gasteiger partial charge in [0.05, 0.1) is 12.5 Å². The number of nitrogens with one attached hydrogen (secondary N) is 1. The number of carboxylic acid groups (broad SMARTS) is 1. The number of likely N-dealkylation sites (N-methyl/N-ethyl adjacent to an activating group) is 2. The molecule has 6 nitrogen and oxygen atoms in total. The van der Waals surface area contributed by atoms with Crippen molar-refractivity contribution in [1.82, 2.24) is 10.2 Å². The van der Waals surface area contributed by atoms with E-state index in [2.05, 4.69) is 5.32 Å². The van der Waals surface area contributed by atoms with Gasteiger partial charge in [-0.15, -0.1) is 0 Å². The van der Waals surface area contributed by atoms with Crippen LogP contribution in [-0.4, -0.2) is 48.4 Å². The number of carboxylic acids is 1. The Morgan fingerprint density at radius 3 is 2.11 bits per heavy atom. The molecule has 2 N–H and O–H groups in total. The molecule has 1 aliphatic carbocycles. The molecule has 1 rings (SSSR count). The van der Waals surface area contributed by atoms with Crippen molar-refractivity contribution in [3.63, 3.8) is 0 Å². The lowest BCUT2D eigenvalue weighted by Gasteiger charge is -2.28. The first-order valence-electron chi connectivity index (χ1n) is 6.14. The van der Waals surface area contributed by atoms with Crippen LogP contribution in [0, 0.1) is 11.8 Å². The third-order valence-electron chi connectivity index (χ3n) is 3.46.